The number of imidazole rings is 1. The molecule has 0 bridgehead atoms. The number of benzene rings is 2. The topological polar surface area (TPSA) is 64.9 Å². The van der Waals surface area contributed by atoms with Crippen LogP contribution in [0.5, 0.6) is 11.5 Å². The number of ether oxygens (including phenoxy) is 2. The highest BCUT2D eigenvalue weighted by Gasteiger charge is 2.14. The van der Waals surface area contributed by atoms with Gasteiger partial charge in [-0.05, 0) is 30.7 Å². The van der Waals surface area contributed by atoms with Crippen LogP contribution in [0.3, 0.4) is 0 Å². The summed E-state index contributed by atoms with van der Waals surface area (Å²) >= 11 is 1.46. The maximum absolute atomic E-state index is 14.1. The Balaban J connectivity index is 1.48. The Morgan fingerprint density at radius 1 is 1.20 bits per heavy atom. The van der Waals surface area contributed by atoms with Crippen molar-refractivity contribution in [3.8, 4) is 22.8 Å². The zero-order valence-electron chi connectivity index (χ0n) is 16.5. The molecule has 1 amide bonds. The largest absolute Gasteiger partial charge is 0.497 e. The highest BCUT2D eigenvalue weighted by Crippen LogP contribution is 2.29. The first kappa shape index (κ1) is 19.9. The highest BCUT2D eigenvalue weighted by atomic mass is 32.1. The van der Waals surface area contributed by atoms with Gasteiger partial charge in [-0.25, -0.2) is 9.37 Å². The van der Waals surface area contributed by atoms with Crippen LogP contribution in [0.2, 0.25) is 0 Å². The van der Waals surface area contributed by atoms with Crippen LogP contribution in [-0.2, 0) is 11.2 Å². The number of amides is 1. The number of aromatic nitrogens is 2. The molecule has 0 aliphatic rings. The van der Waals surface area contributed by atoms with Crippen molar-refractivity contribution in [2.24, 2.45) is 0 Å². The van der Waals surface area contributed by atoms with Crippen molar-refractivity contribution in [1.29, 1.82) is 0 Å². The molecule has 2 heterocycles. The van der Waals surface area contributed by atoms with Crippen molar-refractivity contribution in [3.63, 3.8) is 0 Å². The number of rotatable bonds is 7. The van der Waals surface area contributed by atoms with E-state index < -0.39 is 0 Å². The summed E-state index contributed by atoms with van der Waals surface area (Å²) in [5.41, 5.74) is 2.54. The number of anilines is 1. The summed E-state index contributed by atoms with van der Waals surface area (Å²) in [6.45, 7) is 0. The maximum atomic E-state index is 14.1. The van der Waals surface area contributed by atoms with Gasteiger partial charge in [-0.3, -0.25) is 9.20 Å². The first-order valence-corrected chi connectivity index (χ1v) is 10.2. The zero-order valence-corrected chi connectivity index (χ0v) is 17.3. The van der Waals surface area contributed by atoms with Gasteiger partial charge in [-0.2, -0.15) is 0 Å². The van der Waals surface area contributed by atoms with E-state index in [1.807, 2.05) is 16.0 Å². The predicted molar refractivity (Wildman–Crippen MR) is 115 cm³/mol. The Labute approximate surface area is 176 Å². The van der Waals surface area contributed by atoms with Crippen LogP contribution in [0.1, 0.15) is 12.1 Å². The third kappa shape index (κ3) is 3.99. The number of hydrogen-bond acceptors (Lipinski definition) is 5. The van der Waals surface area contributed by atoms with Gasteiger partial charge in [-0.15, -0.1) is 11.3 Å². The number of carbonyl (C=O) groups is 1. The molecule has 8 heteroatoms. The lowest BCUT2D eigenvalue weighted by atomic mass is 10.1. The maximum Gasteiger partial charge on any atom is 0.224 e. The average Bonchev–Trinajstić information content (AvgIpc) is 3.33. The summed E-state index contributed by atoms with van der Waals surface area (Å²) in [6.07, 6.45) is 2.60. The molecule has 4 rings (SSSR count). The second-order valence-corrected chi connectivity index (χ2v) is 7.44. The number of aryl methyl sites for hydroxylation is 1. The molecule has 6 nitrogen and oxygen atoms in total. The molecule has 0 aliphatic heterocycles. The molecule has 0 saturated carbocycles. The van der Waals surface area contributed by atoms with E-state index in [0.717, 1.165) is 10.7 Å². The fourth-order valence-corrected chi connectivity index (χ4v) is 4.08. The van der Waals surface area contributed by atoms with E-state index in [0.29, 0.717) is 34.9 Å². The van der Waals surface area contributed by atoms with Crippen molar-refractivity contribution in [2.75, 3.05) is 19.5 Å². The standard InChI is InChI=1S/C22H20FN3O3S/c1-28-15-8-9-20(29-2)18(11-15)24-21(27)10-7-14-13-30-22-25-19(12-26(14)22)16-5-3-4-6-17(16)23/h3-6,8-9,11-13H,7,10H2,1-2H3,(H,24,27). The van der Waals surface area contributed by atoms with E-state index in [1.54, 1.807) is 50.6 Å². The Hall–Kier alpha value is -3.39. The Morgan fingerprint density at radius 3 is 2.80 bits per heavy atom. The number of nitrogens with zero attached hydrogens (tertiary/aromatic N) is 2. The van der Waals surface area contributed by atoms with Crippen molar-refractivity contribution >= 4 is 27.9 Å². The molecule has 1 N–H and O–H groups in total. The van der Waals surface area contributed by atoms with Crippen LogP contribution < -0.4 is 14.8 Å². The smallest absolute Gasteiger partial charge is 0.224 e. The number of nitrogens with one attached hydrogen (secondary N) is 1. The van der Waals surface area contributed by atoms with Gasteiger partial charge in [0, 0.05) is 35.3 Å². The molecule has 0 fully saturated rings. The lowest BCUT2D eigenvalue weighted by molar-refractivity contribution is -0.116. The number of halogens is 1. The summed E-state index contributed by atoms with van der Waals surface area (Å²) < 4.78 is 26.5. The molecule has 0 radical (unpaired) electrons. The molecule has 0 unspecified atom stereocenters. The van der Waals surface area contributed by atoms with Crippen LogP contribution in [0.15, 0.2) is 54.0 Å². The number of hydrogen-bond donors (Lipinski definition) is 1. The minimum atomic E-state index is -0.309. The van der Waals surface area contributed by atoms with E-state index >= 15 is 0 Å². The summed E-state index contributed by atoms with van der Waals surface area (Å²) in [4.78, 5) is 17.8. The van der Waals surface area contributed by atoms with Crippen LogP contribution in [0, 0.1) is 5.82 Å². The van der Waals surface area contributed by atoms with Crippen molar-refractivity contribution in [2.45, 2.75) is 12.8 Å². The minimum Gasteiger partial charge on any atom is -0.497 e. The van der Waals surface area contributed by atoms with Gasteiger partial charge in [0.25, 0.3) is 0 Å². The zero-order chi connectivity index (χ0) is 21.1. The van der Waals surface area contributed by atoms with E-state index in [1.165, 1.54) is 17.4 Å². The summed E-state index contributed by atoms with van der Waals surface area (Å²) in [6, 6.07) is 11.8. The molecule has 2 aromatic heterocycles. The van der Waals surface area contributed by atoms with Crippen LogP contribution in [0.4, 0.5) is 10.1 Å². The average molecular weight is 425 g/mol. The van der Waals surface area contributed by atoms with Crippen molar-refractivity contribution < 1.29 is 18.7 Å². The Bertz CT molecular complexity index is 1200. The molecule has 0 atom stereocenters. The van der Waals surface area contributed by atoms with E-state index in [2.05, 4.69) is 10.3 Å². The van der Waals surface area contributed by atoms with Crippen molar-refractivity contribution in [1.82, 2.24) is 9.38 Å². The summed E-state index contributed by atoms with van der Waals surface area (Å²) in [5, 5.41) is 4.84. The monoisotopic (exact) mass is 425 g/mol. The second-order valence-electron chi connectivity index (χ2n) is 6.60. The number of methoxy groups -OCH3 is 2. The Kier molecular flexibility index (Phi) is 5.67. The van der Waals surface area contributed by atoms with Gasteiger partial charge in [0.05, 0.1) is 25.6 Å². The lowest BCUT2D eigenvalue weighted by Crippen LogP contribution is -2.13. The molecular weight excluding hydrogens is 405 g/mol. The highest BCUT2D eigenvalue weighted by molar-refractivity contribution is 7.15. The first-order chi connectivity index (χ1) is 14.6. The summed E-state index contributed by atoms with van der Waals surface area (Å²) in [7, 11) is 3.11. The van der Waals surface area contributed by atoms with Crippen molar-refractivity contribution in [3.05, 3.63) is 65.6 Å². The molecule has 30 heavy (non-hydrogen) atoms. The molecule has 154 valence electrons. The SMILES string of the molecule is COc1ccc(OC)c(NC(=O)CCc2csc3nc(-c4ccccc4F)cn23)c1. The molecule has 0 spiro atoms. The van der Waals surface area contributed by atoms with E-state index in [-0.39, 0.29) is 18.1 Å². The molecular formula is C22H20FN3O3S. The normalized spacial score (nSPS) is 10.9. The molecule has 4 aromatic rings. The second kappa shape index (κ2) is 8.54. The molecule has 0 aliphatic carbocycles. The fraction of sp³-hybridized carbons (Fsp3) is 0.182. The quantitative estimate of drug-likeness (QED) is 0.462. The van der Waals surface area contributed by atoms with Gasteiger partial charge in [0.2, 0.25) is 5.91 Å². The number of carbonyl (C=O) groups excluding carboxylic acids is 1. The van der Waals surface area contributed by atoms with Crippen LogP contribution >= 0.6 is 11.3 Å². The van der Waals surface area contributed by atoms with Gasteiger partial charge < -0.3 is 14.8 Å². The molecule has 2 aromatic carbocycles. The predicted octanol–water partition coefficient (Wildman–Crippen LogP) is 4.79. The van der Waals surface area contributed by atoms with Gasteiger partial charge in [-0.1, -0.05) is 12.1 Å². The van der Waals surface area contributed by atoms with Gasteiger partial charge in [0.15, 0.2) is 4.96 Å². The Morgan fingerprint density at radius 2 is 2.03 bits per heavy atom. The van der Waals surface area contributed by atoms with E-state index in [9.17, 15) is 9.18 Å². The third-order valence-corrected chi connectivity index (χ3v) is 5.61. The van der Waals surface area contributed by atoms with E-state index in [4.69, 9.17) is 9.47 Å². The molecule has 0 saturated heterocycles. The number of fused-ring (bicyclic) bond motifs is 1. The third-order valence-electron chi connectivity index (χ3n) is 4.72. The van der Waals surface area contributed by atoms with Gasteiger partial charge >= 0.3 is 0 Å². The minimum absolute atomic E-state index is 0.143. The fourth-order valence-electron chi connectivity index (χ4n) is 3.17. The lowest BCUT2D eigenvalue weighted by Gasteiger charge is -2.11. The van der Waals surface area contributed by atoms with Crippen LogP contribution in [0.25, 0.3) is 16.2 Å². The number of thiazole rings is 1. The van der Waals surface area contributed by atoms with Gasteiger partial charge in [0.1, 0.15) is 17.3 Å². The summed E-state index contributed by atoms with van der Waals surface area (Å²) in [5.74, 6) is 0.739. The first-order valence-electron chi connectivity index (χ1n) is 9.31. The van der Waals surface area contributed by atoms with Crippen LogP contribution in [-0.4, -0.2) is 29.5 Å².